The van der Waals surface area contributed by atoms with Crippen LogP contribution in [0.2, 0.25) is 0 Å². The number of hydrogen-bond acceptors (Lipinski definition) is 3. The number of rotatable bonds is 2. The lowest BCUT2D eigenvalue weighted by atomic mass is 10.0. The maximum atomic E-state index is 13.3. The van der Waals surface area contributed by atoms with Crippen LogP contribution >= 0.6 is 0 Å². The lowest BCUT2D eigenvalue weighted by molar-refractivity contribution is 0.0974. The molecule has 2 aliphatic heterocycles. The number of amides is 2. The van der Waals surface area contributed by atoms with Crippen LogP contribution in [0.25, 0.3) is 0 Å². The Kier molecular flexibility index (Phi) is 4.58. The predicted octanol–water partition coefficient (Wildman–Crippen LogP) is 4.27. The Hall–Kier alpha value is -3.47. The highest BCUT2D eigenvalue weighted by Crippen LogP contribution is 2.33. The van der Waals surface area contributed by atoms with E-state index in [4.69, 9.17) is 0 Å². The Morgan fingerprint density at radius 1 is 0.833 bits per heavy atom. The van der Waals surface area contributed by atoms with E-state index >= 15 is 0 Å². The number of aromatic nitrogens is 1. The minimum atomic E-state index is -0.166. The number of benzene rings is 2. The van der Waals surface area contributed by atoms with Crippen LogP contribution in [-0.2, 0) is 12.8 Å². The van der Waals surface area contributed by atoms with E-state index in [2.05, 4.69) is 17.1 Å². The quantitative estimate of drug-likeness (QED) is 0.649. The van der Waals surface area contributed by atoms with Gasteiger partial charge in [0.25, 0.3) is 11.8 Å². The van der Waals surface area contributed by atoms with E-state index in [0.717, 1.165) is 36.2 Å². The van der Waals surface area contributed by atoms with E-state index in [9.17, 15) is 9.59 Å². The van der Waals surface area contributed by atoms with Crippen molar-refractivity contribution in [3.8, 4) is 0 Å². The molecule has 0 fully saturated rings. The summed E-state index contributed by atoms with van der Waals surface area (Å²) < 4.78 is 0. The van der Waals surface area contributed by atoms with Gasteiger partial charge in [0.15, 0.2) is 0 Å². The molecule has 1 atom stereocenters. The smallest absolute Gasteiger partial charge is 0.277 e. The summed E-state index contributed by atoms with van der Waals surface area (Å²) in [5.74, 6) is -0.326. The molecule has 5 heteroatoms. The van der Waals surface area contributed by atoms with Crippen LogP contribution in [0.5, 0.6) is 0 Å². The van der Waals surface area contributed by atoms with E-state index in [1.165, 1.54) is 5.56 Å². The van der Waals surface area contributed by atoms with Gasteiger partial charge in [-0.1, -0.05) is 42.5 Å². The fourth-order valence-electron chi connectivity index (χ4n) is 4.55. The average Bonchev–Trinajstić information content (AvgIpc) is 3.13. The van der Waals surface area contributed by atoms with Crippen LogP contribution in [0.1, 0.15) is 45.4 Å². The number of hydrogen-bond donors (Lipinski definition) is 0. The minimum absolute atomic E-state index is 0.0602. The molecule has 1 aromatic heterocycles. The highest BCUT2D eigenvalue weighted by molar-refractivity contribution is 6.09. The number of aryl methyl sites for hydroxylation is 1. The summed E-state index contributed by atoms with van der Waals surface area (Å²) in [7, 11) is 0. The minimum Gasteiger partial charge on any atom is -0.307 e. The summed E-state index contributed by atoms with van der Waals surface area (Å²) in [6, 6.07) is 21.1. The van der Waals surface area contributed by atoms with Crippen LogP contribution in [-0.4, -0.2) is 29.4 Å². The fourth-order valence-corrected chi connectivity index (χ4v) is 4.55. The summed E-state index contributed by atoms with van der Waals surface area (Å²) >= 11 is 0. The molecule has 2 amide bonds. The van der Waals surface area contributed by atoms with Gasteiger partial charge in [-0.15, -0.1) is 0 Å². The van der Waals surface area contributed by atoms with Crippen LogP contribution in [0.3, 0.4) is 0 Å². The number of anilines is 2. The highest BCUT2D eigenvalue weighted by atomic mass is 16.2. The third kappa shape index (κ3) is 3.07. The van der Waals surface area contributed by atoms with Crippen LogP contribution in [0, 0.1) is 0 Å². The first-order chi connectivity index (χ1) is 14.6. The second-order valence-corrected chi connectivity index (χ2v) is 7.95. The van der Waals surface area contributed by atoms with Crippen LogP contribution < -0.4 is 9.80 Å². The molecule has 1 unspecified atom stereocenters. The van der Waals surface area contributed by atoms with Crippen molar-refractivity contribution in [3.05, 3.63) is 89.2 Å². The first-order valence-electron chi connectivity index (χ1n) is 10.4. The third-order valence-electron chi connectivity index (χ3n) is 5.97. The number of carbonyl (C=O) groups excluding carboxylic acids is 2. The van der Waals surface area contributed by atoms with Gasteiger partial charge in [-0.05, 0) is 61.6 Å². The topological polar surface area (TPSA) is 53.5 Å². The second kappa shape index (κ2) is 7.41. The van der Waals surface area contributed by atoms with Gasteiger partial charge in [-0.25, -0.2) is 4.98 Å². The van der Waals surface area contributed by atoms with Crippen molar-refractivity contribution >= 4 is 23.2 Å². The van der Waals surface area contributed by atoms with E-state index in [0.29, 0.717) is 17.9 Å². The number of nitrogens with zero attached hydrogens (tertiary/aromatic N) is 3. The van der Waals surface area contributed by atoms with Crippen LogP contribution in [0.15, 0.2) is 66.7 Å². The Morgan fingerprint density at radius 2 is 1.50 bits per heavy atom. The Balaban J connectivity index is 1.46. The Bertz CT molecular complexity index is 1140. The van der Waals surface area contributed by atoms with Crippen molar-refractivity contribution < 1.29 is 9.59 Å². The average molecular weight is 397 g/mol. The van der Waals surface area contributed by atoms with Gasteiger partial charge in [-0.2, -0.15) is 0 Å². The van der Waals surface area contributed by atoms with Crippen molar-refractivity contribution in [1.29, 1.82) is 0 Å². The van der Waals surface area contributed by atoms with E-state index in [1.807, 2.05) is 43.3 Å². The number of pyridine rings is 1. The first kappa shape index (κ1) is 18.6. The maximum Gasteiger partial charge on any atom is 0.277 e. The van der Waals surface area contributed by atoms with Crippen LogP contribution in [0.4, 0.5) is 11.4 Å². The van der Waals surface area contributed by atoms with Crippen molar-refractivity contribution in [2.24, 2.45) is 0 Å². The molecule has 3 heterocycles. The molecule has 0 bridgehead atoms. The standard InChI is InChI=1S/C25H23N3O2/c1-17-16-19-9-3-5-14-23(19)28(17)25(30)21-12-6-11-20(26-21)24(29)27-15-7-10-18-8-2-4-13-22(18)27/h2-6,8-9,11-14,17H,7,10,15-16H2,1H3. The largest absolute Gasteiger partial charge is 0.307 e. The van der Waals surface area contributed by atoms with Gasteiger partial charge in [0.05, 0.1) is 0 Å². The molecule has 150 valence electrons. The first-order valence-corrected chi connectivity index (χ1v) is 10.4. The molecular weight excluding hydrogens is 374 g/mol. The number of carbonyl (C=O) groups is 2. The summed E-state index contributed by atoms with van der Waals surface area (Å²) in [6.07, 6.45) is 2.71. The molecule has 5 nitrogen and oxygen atoms in total. The Morgan fingerprint density at radius 3 is 2.30 bits per heavy atom. The van der Waals surface area contributed by atoms with Gasteiger partial charge >= 0.3 is 0 Å². The third-order valence-corrected chi connectivity index (χ3v) is 5.97. The molecule has 3 aromatic rings. The van der Waals surface area contributed by atoms with Crippen molar-refractivity contribution in [2.45, 2.75) is 32.2 Å². The monoisotopic (exact) mass is 397 g/mol. The number of para-hydroxylation sites is 2. The van der Waals surface area contributed by atoms with E-state index in [-0.39, 0.29) is 17.9 Å². The van der Waals surface area contributed by atoms with E-state index in [1.54, 1.807) is 28.0 Å². The van der Waals surface area contributed by atoms with Crippen molar-refractivity contribution in [2.75, 3.05) is 16.3 Å². The summed E-state index contributed by atoms with van der Waals surface area (Å²) in [4.78, 5) is 34.6. The molecule has 0 aliphatic carbocycles. The summed E-state index contributed by atoms with van der Waals surface area (Å²) in [5, 5.41) is 0. The zero-order valence-electron chi connectivity index (χ0n) is 16.9. The molecule has 30 heavy (non-hydrogen) atoms. The molecule has 2 aromatic carbocycles. The Labute approximate surface area is 176 Å². The fraction of sp³-hybridized carbons (Fsp3) is 0.240. The predicted molar refractivity (Wildman–Crippen MR) is 117 cm³/mol. The molecule has 0 spiro atoms. The lowest BCUT2D eigenvalue weighted by Gasteiger charge is -2.29. The van der Waals surface area contributed by atoms with Gasteiger partial charge in [0.1, 0.15) is 11.4 Å². The van der Waals surface area contributed by atoms with Crippen molar-refractivity contribution in [1.82, 2.24) is 4.98 Å². The summed E-state index contributed by atoms with van der Waals surface area (Å²) in [5.41, 5.74) is 4.81. The molecule has 0 saturated heterocycles. The number of fused-ring (bicyclic) bond motifs is 2. The molecule has 0 saturated carbocycles. The second-order valence-electron chi connectivity index (χ2n) is 7.95. The molecule has 5 rings (SSSR count). The zero-order chi connectivity index (χ0) is 20.7. The summed E-state index contributed by atoms with van der Waals surface area (Å²) in [6.45, 7) is 2.70. The SMILES string of the molecule is CC1Cc2ccccc2N1C(=O)c1cccc(C(=O)N2CCCc3ccccc32)n1. The lowest BCUT2D eigenvalue weighted by Crippen LogP contribution is -2.38. The normalized spacial score (nSPS) is 17.4. The molecule has 0 radical (unpaired) electrons. The van der Waals surface area contributed by atoms with Gasteiger partial charge in [-0.3, -0.25) is 9.59 Å². The molecular formula is C25H23N3O2. The maximum absolute atomic E-state index is 13.3. The van der Waals surface area contributed by atoms with Gasteiger partial charge in [0, 0.05) is 24.0 Å². The molecule has 2 aliphatic rings. The molecule has 0 N–H and O–H groups in total. The highest BCUT2D eigenvalue weighted by Gasteiger charge is 2.32. The zero-order valence-corrected chi connectivity index (χ0v) is 16.9. The van der Waals surface area contributed by atoms with Gasteiger partial charge in [0.2, 0.25) is 0 Å². The van der Waals surface area contributed by atoms with Crippen molar-refractivity contribution in [3.63, 3.8) is 0 Å². The van der Waals surface area contributed by atoms with Gasteiger partial charge < -0.3 is 9.80 Å². The van der Waals surface area contributed by atoms with E-state index < -0.39 is 0 Å².